The fourth-order valence-corrected chi connectivity index (χ4v) is 8.03. The quantitative estimate of drug-likeness (QED) is 0.0861. The third kappa shape index (κ3) is 6.34. The maximum absolute atomic E-state index is 13.2. The van der Waals surface area contributed by atoms with Crippen molar-refractivity contribution in [3.05, 3.63) is 68.7 Å². The molecule has 214 valence electrons. The molecule has 0 spiro atoms. The van der Waals surface area contributed by atoms with Gasteiger partial charge in [-0.15, -0.1) is 39.4 Å². The van der Waals surface area contributed by atoms with E-state index in [1.807, 2.05) is 10.6 Å². The molecule has 1 aliphatic rings. The van der Waals surface area contributed by atoms with Crippen molar-refractivity contribution in [1.29, 1.82) is 0 Å². The molecule has 1 aliphatic carbocycles. The molecule has 0 atom stereocenters. The summed E-state index contributed by atoms with van der Waals surface area (Å²) in [5, 5.41) is 15.4. The molecule has 0 fully saturated rings. The van der Waals surface area contributed by atoms with E-state index in [9.17, 15) is 9.59 Å². The maximum atomic E-state index is 13.2. The summed E-state index contributed by atoms with van der Waals surface area (Å²) < 4.78 is 7.36. The predicted molar refractivity (Wildman–Crippen MR) is 169 cm³/mol. The first-order valence-corrected chi connectivity index (χ1v) is 16.5. The smallest absolute Gasteiger partial charge is 0.341 e. The third-order valence-corrected chi connectivity index (χ3v) is 10.2. The Morgan fingerprint density at radius 3 is 2.68 bits per heavy atom. The van der Waals surface area contributed by atoms with Crippen molar-refractivity contribution in [3.63, 3.8) is 0 Å². The minimum atomic E-state index is -0.361. The number of hydrogen-bond acceptors (Lipinski definition) is 8. The fraction of sp³-hybridized carbons (Fsp3) is 0.355. The summed E-state index contributed by atoms with van der Waals surface area (Å²) in [6.07, 6.45) is 6.85. The number of benzene rings is 1. The van der Waals surface area contributed by atoms with Gasteiger partial charge >= 0.3 is 5.97 Å². The number of esters is 1. The van der Waals surface area contributed by atoms with Gasteiger partial charge < -0.3 is 10.1 Å². The molecule has 3 aromatic heterocycles. The lowest BCUT2D eigenvalue weighted by molar-refractivity contribution is -0.113. The van der Waals surface area contributed by atoms with Crippen LogP contribution in [0.2, 0.25) is 0 Å². The van der Waals surface area contributed by atoms with Gasteiger partial charge in [0.05, 0.1) is 17.9 Å². The molecule has 0 saturated carbocycles. The summed E-state index contributed by atoms with van der Waals surface area (Å²) in [6, 6.07) is 8.50. The molecular weight excluding hydrogens is 573 g/mol. The number of ether oxygens (including phenoxy) is 1. The van der Waals surface area contributed by atoms with Crippen LogP contribution in [0.25, 0.3) is 22.5 Å². The first-order chi connectivity index (χ1) is 19.9. The molecule has 41 heavy (non-hydrogen) atoms. The average Bonchev–Trinajstić information content (AvgIpc) is 3.58. The van der Waals surface area contributed by atoms with E-state index in [-0.39, 0.29) is 17.6 Å². The number of thiophene rings is 2. The number of carbonyl (C=O) groups excluding carboxylic acids is 2. The second-order valence-corrected chi connectivity index (χ2v) is 13.1. The average molecular weight is 607 g/mol. The largest absolute Gasteiger partial charge is 0.462 e. The zero-order valence-corrected chi connectivity index (χ0v) is 26.1. The summed E-state index contributed by atoms with van der Waals surface area (Å²) in [5.41, 5.74) is 6.08. The van der Waals surface area contributed by atoms with Gasteiger partial charge in [-0.05, 0) is 57.6 Å². The molecule has 7 nitrogen and oxygen atoms in total. The van der Waals surface area contributed by atoms with E-state index in [2.05, 4.69) is 65.6 Å². The number of nitrogens with one attached hydrogen (secondary N) is 1. The summed E-state index contributed by atoms with van der Waals surface area (Å²) in [4.78, 5) is 28.4. The lowest BCUT2D eigenvalue weighted by Crippen LogP contribution is -2.17. The van der Waals surface area contributed by atoms with Crippen molar-refractivity contribution < 1.29 is 14.3 Å². The van der Waals surface area contributed by atoms with Crippen molar-refractivity contribution in [1.82, 2.24) is 14.8 Å². The molecule has 1 amide bonds. The number of aromatic nitrogens is 3. The van der Waals surface area contributed by atoms with Gasteiger partial charge in [0.15, 0.2) is 11.0 Å². The number of amides is 1. The van der Waals surface area contributed by atoms with E-state index in [0.717, 1.165) is 60.2 Å². The first kappa shape index (κ1) is 29.3. The molecule has 1 N–H and O–H groups in total. The Labute approximate surface area is 253 Å². The highest BCUT2D eigenvalue weighted by atomic mass is 32.2. The molecule has 0 saturated heterocycles. The molecule has 4 aromatic rings. The van der Waals surface area contributed by atoms with Gasteiger partial charge in [0.1, 0.15) is 5.00 Å². The summed E-state index contributed by atoms with van der Waals surface area (Å²) in [7, 11) is 0. The lowest BCUT2D eigenvalue weighted by Gasteiger charge is -2.10. The van der Waals surface area contributed by atoms with Gasteiger partial charge in [-0.1, -0.05) is 54.1 Å². The number of thioether (sulfide) groups is 1. The number of carbonyl (C=O) groups is 2. The van der Waals surface area contributed by atoms with E-state index in [1.165, 1.54) is 38.4 Å². The molecule has 5 rings (SSSR count). The van der Waals surface area contributed by atoms with Crippen molar-refractivity contribution in [2.45, 2.75) is 64.6 Å². The summed E-state index contributed by atoms with van der Waals surface area (Å²) in [5.74, 6) is 0.325. The summed E-state index contributed by atoms with van der Waals surface area (Å²) >= 11 is 4.52. The molecule has 0 aliphatic heterocycles. The summed E-state index contributed by atoms with van der Waals surface area (Å²) in [6.45, 7) is 10.7. The number of aryl methyl sites for hydroxylation is 3. The van der Waals surface area contributed by atoms with Crippen LogP contribution in [-0.4, -0.2) is 39.0 Å². The number of nitrogens with zero attached hydrogens (tertiary/aromatic N) is 3. The van der Waals surface area contributed by atoms with E-state index in [1.54, 1.807) is 18.3 Å². The Balaban J connectivity index is 1.37. The van der Waals surface area contributed by atoms with Crippen LogP contribution in [-0.2, 0) is 28.9 Å². The first-order valence-electron chi connectivity index (χ1n) is 13.8. The molecular formula is C31H34N4O3S3. The van der Waals surface area contributed by atoms with Crippen molar-refractivity contribution in [2.75, 3.05) is 17.7 Å². The Hall–Kier alpha value is -3.21. The Morgan fingerprint density at radius 2 is 1.93 bits per heavy atom. The highest BCUT2D eigenvalue weighted by Gasteiger charge is 2.27. The van der Waals surface area contributed by atoms with Gasteiger partial charge in [-0.3, -0.25) is 9.36 Å². The third-order valence-electron chi connectivity index (χ3n) is 7.07. The minimum absolute atomic E-state index is 0.133. The maximum Gasteiger partial charge on any atom is 0.341 e. The van der Waals surface area contributed by atoms with Crippen LogP contribution in [0.5, 0.6) is 0 Å². The van der Waals surface area contributed by atoms with E-state index in [0.29, 0.717) is 28.9 Å². The van der Waals surface area contributed by atoms with Crippen molar-refractivity contribution in [3.8, 4) is 22.5 Å². The number of allylic oxidation sites excluding steroid dienone is 1. The Kier molecular flexibility index (Phi) is 9.42. The van der Waals surface area contributed by atoms with Gasteiger partial charge in [-0.25, -0.2) is 4.79 Å². The monoisotopic (exact) mass is 606 g/mol. The van der Waals surface area contributed by atoms with Gasteiger partial charge in [0.2, 0.25) is 5.91 Å². The SMILES string of the molecule is C=CCn1c(SCC(=O)Nc2sc3c(c2C(=O)OCC)CCCCC3)nnc1-c1csc(C)c1-c1ccc(C)cc1. The van der Waals surface area contributed by atoms with Gasteiger partial charge in [0, 0.05) is 32.8 Å². The van der Waals surface area contributed by atoms with Crippen LogP contribution in [0.15, 0.2) is 47.5 Å². The highest BCUT2D eigenvalue weighted by Crippen LogP contribution is 2.40. The van der Waals surface area contributed by atoms with Crippen LogP contribution in [0.4, 0.5) is 5.00 Å². The van der Waals surface area contributed by atoms with Crippen molar-refractivity contribution in [2.24, 2.45) is 0 Å². The molecule has 3 heterocycles. The lowest BCUT2D eigenvalue weighted by atomic mass is 10.0. The number of hydrogen-bond donors (Lipinski definition) is 1. The fourth-order valence-electron chi connectivity index (χ4n) is 5.13. The standard InChI is InChI=1S/C31H34N4O3S3/c1-5-16-35-28(23-17-39-20(4)26(23)21-14-12-19(3)13-15-21)33-34-31(35)40-18-25(36)32-29-27(30(37)38-6-2)22-10-8-7-9-11-24(22)41-29/h5,12-15,17H,1,6-11,16,18H2,2-4H3,(H,32,36). The minimum Gasteiger partial charge on any atom is -0.462 e. The van der Waals surface area contributed by atoms with Crippen LogP contribution in [0, 0.1) is 13.8 Å². The number of fused-ring (bicyclic) bond motifs is 1. The molecule has 1 aromatic carbocycles. The molecule has 10 heteroatoms. The predicted octanol–water partition coefficient (Wildman–Crippen LogP) is 7.71. The molecule has 0 bridgehead atoms. The zero-order chi connectivity index (χ0) is 28.9. The van der Waals surface area contributed by atoms with Crippen LogP contribution in [0.3, 0.4) is 0 Å². The number of rotatable bonds is 10. The molecule has 0 radical (unpaired) electrons. The van der Waals surface area contributed by atoms with Crippen LogP contribution in [0.1, 0.15) is 57.4 Å². The second-order valence-electron chi connectivity index (χ2n) is 9.98. The second kappa shape index (κ2) is 13.2. The van der Waals surface area contributed by atoms with Crippen LogP contribution >= 0.6 is 34.4 Å². The van der Waals surface area contributed by atoms with E-state index >= 15 is 0 Å². The van der Waals surface area contributed by atoms with Gasteiger partial charge in [-0.2, -0.15) is 0 Å². The normalized spacial score (nSPS) is 13.0. The van der Waals surface area contributed by atoms with Gasteiger partial charge in [0.25, 0.3) is 0 Å². The Bertz CT molecular complexity index is 1570. The highest BCUT2D eigenvalue weighted by molar-refractivity contribution is 7.99. The van der Waals surface area contributed by atoms with Crippen molar-refractivity contribution >= 4 is 51.3 Å². The van der Waals surface area contributed by atoms with Crippen LogP contribution < -0.4 is 5.32 Å². The number of anilines is 1. The zero-order valence-electron chi connectivity index (χ0n) is 23.6. The Morgan fingerprint density at radius 1 is 1.15 bits per heavy atom. The molecule has 0 unspecified atom stereocenters. The topological polar surface area (TPSA) is 86.1 Å². The van der Waals surface area contributed by atoms with E-state index in [4.69, 9.17) is 4.74 Å². The van der Waals surface area contributed by atoms with E-state index < -0.39 is 0 Å².